The fourth-order valence-electron chi connectivity index (χ4n) is 6.23. The summed E-state index contributed by atoms with van der Waals surface area (Å²) in [5.41, 5.74) is 11.0. The zero-order valence-electron chi connectivity index (χ0n) is 24.8. The number of nitrogens with two attached hydrogens (primary N) is 1. The van der Waals surface area contributed by atoms with Crippen molar-refractivity contribution in [1.82, 2.24) is 23.8 Å². The van der Waals surface area contributed by atoms with Gasteiger partial charge in [-0.05, 0) is 49.4 Å². The van der Waals surface area contributed by atoms with E-state index in [9.17, 15) is 9.59 Å². The molecule has 3 aromatic heterocycles. The van der Waals surface area contributed by atoms with Crippen molar-refractivity contribution >= 4 is 17.6 Å². The topological polar surface area (TPSA) is 125 Å². The number of para-hydroxylation sites is 1. The van der Waals surface area contributed by atoms with Crippen LogP contribution >= 0.6 is 0 Å². The van der Waals surface area contributed by atoms with E-state index in [0.29, 0.717) is 42.1 Å². The van der Waals surface area contributed by atoms with Crippen LogP contribution in [0.3, 0.4) is 0 Å². The lowest BCUT2D eigenvalue weighted by atomic mass is 9.93. The molecule has 0 atom stereocenters. The predicted octanol–water partition coefficient (Wildman–Crippen LogP) is 3.99. The number of piperidine rings is 1. The van der Waals surface area contributed by atoms with Crippen LogP contribution in [0.15, 0.2) is 90.1 Å². The standard InChI is InChI=1S/C33H36N8O3/c1-4-35-31(34)30-25(19-26(38(30)3)22-13-15-39(5-2)16-14-22)23-11-12-28(36-20-23)37-32(42)29-27-21-44-18-17-40(27)41(33(29)43)24-9-7-6-8-10-24/h4-12,19-20,22H,1-2,13-18,21H2,3H3,(H2,34,35)(H,36,37,42). The van der Waals surface area contributed by atoms with Crippen molar-refractivity contribution in [1.29, 1.82) is 0 Å². The summed E-state index contributed by atoms with van der Waals surface area (Å²) >= 11 is 0. The molecule has 1 amide bonds. The van der Waals surface area contributed by atoms with Gasteiger partial charge in [0.2, 0.25) is 0 Å². The Hall–Kier alpha value is -5.16. The number of carbonyl (C=O) groups is 1. The third kappa shape index (κ3) is 5.26. The molecule has 3 N–H and O–H groups in total. The number of nitrogens with one attached hydrogen (secondary N) is 1. The molecule has 0 unspecified atom stereocenters. The third-order valence-corrected chi connectivity index (χ3v) is 8.43. The predicted molar refractivity (Wildman–Crippen MR) is 171 cm³/mol. The molecule has 2 aliphatic rings. The molecule has 1 fully saturated rings. The average Bonchev–Trinajstić information content (AvgIpc) is 3.55. The Balaban J connectivity index is 1.30. The first kappa shape index (κ1) is 28.9. The first-order chi connectivity index (χ1) is 21.4. The number of hydrogen-bond acceptors (Lipinski definition) is 6. The summed E-state index contributed by atoms with van der Waals surface area (Å²) in [4.78, 5) is 38.1. The summed E-state index contributed by atoms with van der Waals surface area (Å²) in [6.07, 6.45) is 7.04. The van der Waals surface area contributed by atoms with Gasteiger partial charge in [-0.1, -0.05) is 31.4 Å². The molecule has 2 aliphatic heterocycles. The van der Waals surface area contributed by atoms with Crippen molar-refractivity contribution in [2.45, 2.75) is 31.9 Å². The van der Waals surface area contributed by atoms with Crippen molar-refractivity contribution in [3.8, 4) is 16.8 Å². The molecular formula is C33H36N8O3. The van der Waals surface area contributed by atoms with Crippen LogP contribution < -0.4 is 16.6 Å². The second-order valence-electron chi connectivity index (χ2n) is 10.9. The Morgan fingerprint density at radius 2 is 1.91 bits per heavy atom. The molecule has 0 saturated carbocycles. The van der Waals surface area contributed by atoms with Crippen LogP contribution in [0.1, 0.15) is 46.2 Å². The fraction of sp³-hybridized carbons (Fsp3) is 0.273. The summed E-state index contributed by atoms with van der Waals surface area (Å²) in [5.74, 6) is 0.516. The Morgan fingerprint density at radius 1 is 1.14 bits per heavy atom. The van der Waals surface area contributed by atoms with Gasteiger partial charge in [0, 0.05) is 55.3 Å². The second-order valence-corrected chi connectivity index (χ2v) is 10.9. The van der Waals surface area contributed by atoms with Gasteiger partial charge in [-0.25, -0.2) is 14.7 Å². The van der Waals surface area contributed by atoms with Crippen LogP contribution in [0.25, 0.3) is 16.8 Å². The van der Waals surface area contributed by atoms with Crippen LogP contribution in [0.2, 0.25) is 0 Å². The summed E-state index contributed by atoms with van der Waals surface area (Å²) in [6.45, 7) is 10.6. The zero-order valence-corrected chi connectivity index (χ0v) is 24.8. The minimum absolute atomic E-state index is 0.0466. The van der Waals surface area contributed by atoms with Crippen LogP contribution in [0.5, 0.6) is 0 Å². The van der Waals surface area contributed by atoms with Gasteiger partial charge in [-0.15, -0.1) is 0 Å². The van der Waals surface area contributed by atoms with E-state index in [0.717, 1.165) is 42.8 Å². The SMILES string of the molecule is C=CN=C(N)c1c(-c2ccc(NC(=O)c3c4n(n(-c5ccccc5)c3=O)CCOC4)nc2)cc(C2CCN(C=C)CC2)n1C. The van der Waals surface area contributed by atoms with E-state index in [2.05, 4.69) is 44.0 Å². The Bertz CT molecular complexity index is 1790. The number of nitrogens with zero attached hydrogens (tertiary/aromatic N) is 6. The lowest BCUT2D eigenvalue weighted by Gasteiger charge is -2.31. The number of benzene rings is 1. The van der Waals surface area contributed by atoms with Crippen LogP contribution in [-0.4, -0.2) is 55.3 Å². The number of amides is 1. The number of anilines is 1. The molecule has 1 saturated heterocycles. The smallest absolute Gasteiger partial charge is 0.284 e. The Kier molecular flexibility index (Phi) is 8.03. The summed E-state index contributed by atoms with van der Waals surface area (Å²) in [7, 11) is 2.01. The number of ether oxygens (including phenoxy) is 1. The maximum atomic E-state index is 13.5. The van der Waals surface area contributed by atoms with Crippen LogP contribution in [0.4, 0.5) is 5.82 Å². The van der Waals surface area contributed by atoms with Gasteiger partial charge >= 0.3 is 0 Å². The number of pyridine rings is 1. The minimum Gasteiger partial charge on any atom is -0.382 e. The average molecular weight is 593 g/mol. The van der Waals surface area contributed by atoms with Gasteiger partial charge in [0.1, 0.15) is 17.2 Å². The summed E-state index contributed by atoms with van der Waals surface area (Å²) in [6, 6.07) is 15.0. The summed E-state index contributed by atoms with van der Waals surface area (Å²) in [5, 5.41) is 2.82. The first-order valence-corrected chi connectivity index (χ1v) is 14.7. The van der Waals surface area contributed by atoms with Gasteiger partial charge < -0.3 is 25.3 Å². The molecule has 0 spiro atoms. The van der Waals surface area contributed by atoms with Gasteiger partial charge in [-0.2, -0.15) is 0 Å². The molecule has 11 nitrogen and oxygen atoms in total. The summed E-state index contributed by atoms with van der Waals surface area (Å²) < 4.78 is 11.1. The molecule has 5 heterocycles. The highest BCUT2D eigenvalue weighted by atomic mass is 16.5. The lowest BCUT2D eigenvalue weighted by Crippen LogP contribution is -2.29. The third-order valence-electron chi connectivity index (χ3n) is 8.43. The molecule has 6 rings (SSSR count). The van der Waals surface area contributed by atoms with Crippen molar-refractivity contribution < 1.29 is 9.53 Å². The van der Waals surface area contributed by atoms with Crippen molar-refractivity contribution in [3.05, 3.63) is 113 Å². The fourth-order valence-corrected chi connectivity index (χ4v) is 6.23. The van der Waals surface area contributed by atoms with E-state index in [1.165, 1.54) is 16.6 Å². The highest BCUT2D eigenvalue weighted by molar-refractivity contribution is 6.05. The number of rotatable bonds is 8. The quantitative estimate of drug-likeness (QED) is 0.236. The number of fused-ring (bicyclic) bond motifs is 1. The molecule has 11 heteroatoms. The number of likely N-dealkylation sites (tertiary alicyclic amines) is 1. The van der Waals surface area contributed by atoms with Crippen LogP contribution in [0, 0.1) is 0 Å². The van der Waals surface area contributed by atoms with Crippen molar-refractivity contribution in [3.63, 3.8) is 0 Å². The maximum Gasteiger partial charge on any atom is 0.284 e. The van der Waals surface area contributed by atoms with E-state index in [-0.39, 0.29) is 12.2 Å². The van der Waals surface area contributed by atoms with E-state index >= 15 is 0 Å². The van der Waals surface area contributed by atoms with Crippen LogP contribution in [-0.2, 0) is 24.9 Å². The molecule has 226 valence electrons. The molecule has 0 radical (unpaired) electrons. The van der Waals surface area contributed by atoms with Gasteiger partial charge in [0.15, 0.2) is 0 Å². The molecule has 1 aromatic carbocycles. The molecule has 44 heavy (non-hydrogen) atoms. The van der Waals surface area contributed by atoms with Gasteiger partial charge in [0.25, 0.3) is 11.5 Å². The number of aromatic nitrogens is 4. The van der Waals surface area contributed by atoms with Crippen molar-refractivity contribution in [2.24, 2.45) is 17.8 Å². The highest BCUT2D eigenvalue weighted by Crippen LogP contribution is 2.35. The molecule has 4 aromatic rings. The highest BCUT2D eigenvalue weighted by Gasteiger charge is 2.29. The number of hydrogen-bond donors (Lipinski definition) is 2. The van der Waals surface area contributed by atoms with E-state index in [1.54, 1.807) is 12.3 Å². The number of carbonyl (C=O) groups excluding carboxylic acids is 1. The van der Waals surface area contributed by atoms with E-state index < -0.39 is 11.5 Å². The Morgan fingerprint density at radius 3 is 2.59 bits per heavy atom. The van der Waals surface area contributed by atoms with Crippen molar-refractivity contribution in [2.75, 3.05) is 25.0 Å². The van der Waals surface area contributed by atoms with Gasteiger partial charge in [-0.3, -0.25) is 14.3 Å². The normalized spacial score (nSPS) is 15.6. The monoisotopic (exact) mass is 592 g/mol. The van der Waals surface area contributed by atoms with Gasteiger partial charge in [0.05, 0.1) is 36.8 Å². The Labute approximate surface area is 255 Å². The molecular weight excluding hydrogens is 556 g/mol. The lowest BCUT2D eigenvalue weighted by molar-refractivity contribution is 0.0756. The molecule has 0 bridgehead atoms. The second kappa shape index (κ2) is 12.2. The number of amidine groups is 1. The molecule has 0 aliphatic carbocycles. The van der Waals surface area contributed by atoms with E-state index in [4.69, 9.17) is 10.5 Å². The minimum atomic E-state index is -0.532. The first-order valence-electron chi connectivity index (χ1n) is 14.7. The largest absolute Gasteiger partial charge is 0.382 e. The number of aliphatic imine (C=N–C) groups is 1. The maximum absolute atomic E-state index is 13.5. The zero-order chi connectivity index (χ0) is 30.8. The van der Waals surface area contributed by atoms with E-state index in [1.807, 2.05) is 54.3 Å².